The Kier molecular flexibility index (Phi) is 7.62. The highest BCUT2D eigenvalue weighted by Gasteiger charge is 1.96. The second-order valence-electron chi connectivity index (χ2n) is 2.35. The second-order valence-corrected chi connectivity index (χ2v) is 2.35. The zero-order valence-electron chi connectivity index (χ0n) is 7.83. The van der Waals surface area contributed by atoms with E-state index in [-0.39, 0.29) is 11.1 Å². The van der Waals surface area contributed by atoms with Gasteiger partial charge >= 0.3 is 11.9 Å². The van der Waals surface area contributed by atoms with Gasteiger partial charge < -0.3 is 10.2 Å². The fourth-order valence-electron chi connectivity index (χ4n) is 0.151. The number of aliphatic carboxylic acids is 2. The largest absolute Gasteiger partial charge is 0.478 e. The molecule has 4 nitrogen and oxygen atoms in total. The van der Waals surface area contributed by atoms with E-state index in [4.69, 9.17) is 10.2 Å². The van der Waals surface area contributed by atoms with Crippen LogP contribution in [0.25, 0.3) is 0 Å². The van der Waals surface area contributed by atoms with Crippen LogP contribution in [0.5, 0.6) is 0 Å². The lowest BCUT2D eigenvalue weighted by molar-refractivity contribution is -0.133. The van der Waals surface area contributed by atoms with Crippen LogP contribution in [0.1, 0.15) is 20.3 Å². The van der Waals surface area contributed by atoms with Crippen LogP contribution >= 0.6 is 0 Å². The molecular formula is C9H14O4. The molecule has 74 valence electrons. The lowest BCUT2D eigenvalue weighted by atomic mass is 10.2. The van der Waals surface area contributed by atoms with E-state index in [1.165, 1.54) is 6.92 Å². The fourth-order valence-corrected chi connectivity index (χ4v) is 0.151. The fraction of sp³-hybridized carbons (Fsp3) is 0.333. The van der Waals surface area contributed by atoms with Gasteiger partial charge in [0.1, 0.15) is 0 Å². The molecule has 0 fully saturated rings. The Hall–Kier alpha value is -1.58. The molecule has 2 N–H and O–H groups in total. The smallest absolute Gasteiger partial charge is 0.330 e. The molecule has 0 aromatic carbocycles. The van der Waals surface area contributed by atoms with Gasteiger partial charge in [-0.3, -0.25) is 0 Å². The van der Waals surface area contributed by atoms with E-state index < -0.39 is 11.9 Å². The van der Waals surface area contributed by atoms with Crippen molar-refractivity contribution in [2.24, 2.45) is 0 Å². The van der Waals surface area contributed by atoms with Gasteiger partial charge in [-0.05, 0) is 13.3 Å². The van der Waals surface area contributed by atoms with E-state index in [0.29, 0.717) is 6.42 Å². The first kappa shape index (κ1) is 14.0. The molecule has 0 radical (unpaired) electrons. The van der Waals surface area contributed by atoms with E-state index in [2.05, 4.69) is 13.2 Å². The highest BCUT2D eigenvalue weighted by atomic mass is 16.4. The molecule has 0 rings (SSSR count). The molecular weight excluding hydrogens is 172 g/mol. The molecule has 0 saturated carbocycles. The van der Waals surface area contributed by atoms with Crippen molar-refractivity contribution in [1.29, 1.82) is 0 Å². The first-order valence-electron chi connectivity index (χ1n) is 3.62. The molecule has 0 aromatic rings. The molecule has 0 amide bonds. The van der Waals surface area contributed by atoms with Crippen LogP contribution in [-0.2, 0) is 9.59 Å². The van der Waals surface area contributed by atoms with Gasteiger partial charge in [-0.25, -0.2) is 9.59 Å². The zero-order valence-corrected chi connectivity index (χ0v) is 7.83. The van der Waals surface area contributed by atoms with Crippen LogP contribution in [0.3, 0.4) is 0 Å². The molecule has 0 aliphatic rings. The van der Waals surface area contributed by atoms with Crippen LogP contribution in [0, 0.1) is 0 Å². The molecule has 4 heteroatoms. The monoisotopic (exact) mass is 186 g/mol. The summed E-state index contributed by atoms with van der Waals surface area (Å²) in [5.41, 5.74) is 0.440. The average molecular weight is 186 g/mol. The first-order valence-corrected chi connectivity index (χ1v) is 3.62. The molecule has 0 bridgehead atoms. The molecule has 0 aromatic heterocycles. The Bertz CT molecular complexity index is 216. The molecule has 0 atom stereocenters. The maximum absolute atomic E-state index is 9.83. The van der Waals surface area contributed by atoms with Gasteiger partial charge in [-0.1, -0.05) is 20.1 Å². The molecule has 0 spiro atoms. The number of carboxylic acid groups (broad SMARTS) is 2. The predicted molar refractivity (Wildman–Crippen MR) is 49.5 cm³/mol. The average Bonchev–Trinajstić information content (AvgIpc) is 2.03. The van der Waals surface area contributed by atoms with Crippen molar-refractivity contribution < 1.29 is 19.8 Å². The summed E-state index contributed by atoms with van der Waals surface area (Å²) in [6, 6.07) is 0. The van der Waals surface area contributed by atoms with E-state index in [1.807, 2.05) is 0 Å². The first-order chi connectivity index (χ1) is 5.82. The topological polar surface area (TPSA) is 74.6 Å². The van der Waals surface area contributed by atoms with Crippen molar-refractivity contribution in [3.8, 4) is 0 Å². The molecule has 13 heavy (non-hydrogen) atoms. The van der Waals surface area contributed by atoms with Gasteiger partial charge in [0, 0.05) is 11.1 Å². The summed E-state index contributed by atoms with van der Waals surface area (Å²) in [4.78, 5) is 19.4. The van der Waals surface area contributed by atoms with Crippen molar-refractivity contribution in [3.63, 3.8) is 0 Å². The zero-order chi connectivity index (χ0) is 11.0. The van der Waals surface area contributed by atoms with Crippen molar-refractivity contribution in [2.75, 3.05) is 0 Å². The molecule has 0 aliphatic heterocycles. The van der Waals surface area contributed by atoms with Crippen LogP contribution in [0.15, 0.2) is 24.3 Å². The van der Waals surface area contributed by atoms with E-state index in [9.17, 15) is 9.59 Å². The van der Waals surface area contributed by atoms with Gasteiger partial charge in [0.15, 0.2) is 0 Å². The maximum atomic E-state index is 9.83. The quantitative estimate of drug-likeness (QED) is 0.657. The van der Waals surface area contributed by atoms with Gasteiger partial charge in [-0.15, -0.1) is 0 Å². The van der Waals surface area contributed by atoms with Gasteiger partial charge in [-0.2, -0.15) is 0 Å². The van der Waals surface area contributed by atoms with Crippen molar-refractivity contribution >= 4 is 11.9 Å². The maximum Gasteiger partial charge on any atom is 0.330 e. The minimum Gasteiger partial charge on any atom is -0.478 e. The summed E-state index contributed by atoms with van der Waals surface area (Å²) >= 11 is 0. The number of carboxylic acids is 2. The van der Waals surface area contributed by atoms with E-state index in [1.54, 1.807) is 6.92 Å². The SMILES string of the molecule is C=C(C)C(=O)O.C=C(CC)C(=O)O. The van der Waals surface area contributed by atoms with Crippen LogP contribution in [-0.4, -0.2) is 22.2 Å². The van der Waals surface area contributed by atoms with Crippen molar-refractivity contribution in [2.45, 2.75) is 20.3 Å². The Morgan fingerprint density at radius 2 is 1.46 bits per heavy atom. The van der Waals surface area contributed by atoms with Crippen LogP contribution in [0.4, 0.5) is 0 Å². The Morgan fingerprint density at radius 1 is 1.15 bits per heavy atom. The van der Waals surface area contributed by atoms with E-state index in [0.717, 1.165) is 0 Å². The number of hydrogen-bond donors (Lipinski definition) is 2. The van der Waals surface area contributed by atoms with Crippen LogP contribution in [0.2, 0.25) is 0 Å². The number of rotatable bonds is 3. The van der Waals surface area contributed by atoms with Gasteiger partial charge in [0.2, 0.25) is 0 Å². The van der Waals surface area contributed by atoms with Gasteiger partial charge in [0.25, 0.3) is 0 Å². The van der Waals surface area contributed by atoms with Gasteiger partial charge in [0.05, 0.1) is 0 Å². The molecule has 0 aliphatic carbocycles. The lowest BCUT2D eigenvalue weighted by Crippen LogP contribution is -1.95. The summed E-state index contributed by atoms with van der Waals surface area (Å²) in [5, 5.41) is 16.0. The summed E-state index contributed by atoms with van der Waals surface area (Å²) in [6.45, 7) is 9.64. The van der Waals surface area contributed by atoms with Crippen LogP contribution < -0.4 is 0 Å². The normalized spacial score (nSPS) is 7.85. The van der Waals surface area contributed by atoms with E-state index >= 15 is 0 Å². The highest BCUT2D eigenvalue weighted by Crippen LogP contribution is 1.93. The highest BCUT2D eigenvalue weighted by molar-refractivity contribution is 5.85. The summed E-state index contributed by atoms with van der Waals surface area (Å²) in [7, 11) is 0. The van der Waals surface area contributed by atoms with Crippen molar-refractivity contribution in [1.82, 2.24) is 0 Å². The number of carbonyl (C=O) groups is 2. The Balaban J connectivity index is 0. The minimum atomic E-state index is -0.935. The Morgan fingerprint density at radius 3 is 1.46 bits per heavy atom. The number of hydrogen-bond acceptors (Lipinski definition) is 2. The summed E-state index contributed by atoms with van der Waals surface area (Å²) < 4.78 is 0. The Labute approximate surface area is 77.2 Å². The summed E-state index contributed by atoms with van der Waals surface area (Å²) in [5.74, 6) is -1.84. The summed E-state index contributed by atoms with van der Waals surface area (Å²) in [6.07, 6.45) is 0.523. The molecule has 0 unspecified atom stereocenters. The minimum absolute atomic E-state index is 0.176. The molecule has 0 heterocycles. The second kappa shape index (κ2) is 7.09. The third-order valence-electron chi connectivity index (χ3n) is 1.09. The standard InChI is InChI=1S/C5H8O2.C4H6O2/c1-3-4(2)5(6)7;1-3(2)4(5)6/h2-3H2,1H3,(H,6,7);1H2,2H3,(H,5,6). The third kappa shape index (κ3) is 10.4. The van der Waals surface area contributed by atoms with Crippen molar-refractivity contribution in [3.05, 3.63) is 24.3 Å². The third-order valence-corrected chi connectivity index (χ3v) is 1.09. The molecule has 0 saturated heterocycles. The predicted octanol–water partition coefficient (Wildman–Crippen LogP) is 1.68. The lowest BCUT2D eigenvalue weighted by Gasteiger charge is -1.87.